The smallest absolute Gasteiger partial charge is 0.319 e. The zero-order valence-electron chi connectivity index (χ0n) is 17.6. The van der Waals surface area contributed by atoms with E-state index in [2.05, 4.69) is 10.6 Å². The molecule has 2 aromatic rings. The van der Waals surface area contributed by atoms with Crippen molar-refractivity contribution in [3.63, 3.8) is 0 Å². The van der Waals surface area contributed by atoms with Crippen molar-refractivity contribution in [2.45, 2.75) is 44.2 Å². The van der Waals surface area contributed by atoms with Crippen LogP contribution in [0.5, 0.6) is 11.5 Å². The molecular formula is C24H25N3O5. The molecule has 0 bridgehead atoms. The Bertz CT molecular complexity index is 1060. The molecule has 2 aromatic carbocycles. The van der Waals surface area contributed by atoms with E-state index in [4.69, 9.17) is 9.47 Å². The van der Waals surface area contributed by atoms with Crippen LogP contribution in [0.15, 0.2) is 42.5 Å². The fourth-order valence-electron chi connectivity index (χ4n) is 4.55. The van der Waals surface area contributed by atoms with Crippen LogP contribution in [0, 0.1) is 0 Å². The number of benzene rings is 2. The molecule has 3 aliphatic rings. The van der Waals surface area contributed by atoms with Crippen molar-refractivity contribution in [3.8, 4) is 11.5 Å². The van der Waals surface area contributed by atoms with Gasteiger partial charge < -0.3 is 20.1 Å². The van der Waals surface area contributed by atoms with E-state index < -0.39 is 6.03 Å². The maximum absolute atomic E-state index is 12.9. The normalized spacial score (nSPS) is 20.1. The minimum absolute atomic E-state index is 0.0290. The molecule has 2 aliphatic heterocycles. The van der Waals surface area contributed by atoms with Gasteiger partial charge in [0.15, 0.2) is 17.6 Å². The molecule has 2 N–H and O–H groups in total. The van der Waals surface area contributed by atoms with Crippen LogP contribution in [0.2, 0.25) is 0 Å². The highest BCUT2D eigenvalue weighted by Crippen LogP contribution is 2.33. The number of hydrogen-bond acceptors (Lipinski definition) is 5. The highest BCUT2D eigenvalue weighted by molar-refractivity contribution is 6.22. The van der Waals surface area contributed by atoms with E-state index in [1.165, 1.54) is 4.90 Å². The molecule has 0 radical (unpaired) electrons. The second-order valence-corrected chi connectivity index (χ2v) is 8.37. The second kappa shape index (κ2) is 8.53. The van der Waals surface area contributed by atoms with Gasteiger partial charge in [-0.15, -0.1) is 0 Å². The van der Waals surface area contributed by atoms with Gasteiger partial charge in [0.05, 0.1) is 17.7 Å². The van der Waals surface area contributed by atoms with Gasteiger partial charge in [-0.1, -0.05) is 31.4 Å². The number of fused-ring (bicyclic) bond motifs is 2. The van der Waals surface area contributed by atoms with Gasteiger partial charge in [0.25, 0.3) is 11.8 Å². The quantitative estimate of drug-likeness (QED) is 0.716. The Kier molecular flexibility index (Phi) is 5.43. The number of para-hydroxylation sites is 2. The number of hydrogen-bond donors (Lipinski definition) is 2. The summed E-state index contributed by atoms with van der Waals surface area (Å²) in [6.45, 7) is 0.599. The lowest BCUT2D eigenvalue weighted by Crippen LogP contribution is -2.42. The van der Waals surface area contributed by atoms with Crippen LogP contribution in [-0.2, 0) is 0 Å². The summed E-state index contributed by atoms with van der Waals surface area (Å²) in [7, 11) is 0. The number of amides is 4. The summed E-state index contributed by atoms with van der Waals surface area (Å²) in [5, 5.41) is 5.49. The first-order valence-corrected chi connectivity index (χ1v) is 11.1. The third-order valence-corrected chi connectivity index (χ3v) is 6.17. The fourth-order valence-corrected chi connectivity index (χ4v) is 4.55. The molecule has 1 aliphatic carbocycles. The Hall–Kier alpha value is -3.55. The van der Waals surface area contributed by atoms with Crippen LogP contribution < -0.4 is 20.1 Å². The van der Waals surface area contributed by atoms with Gasteiger partial charge in [-0.25, -0.2) is 4.79 Å². The zero-order valence-corrected chi connectivity index (χ0v) is 17.6. The number of urea groups is 1. The zero-order chi connectivity index (χ0) is 22.1. The molecule has 8 nitrogen and oxygen atoms in total. The largest absolute Gasteiger partial charge is 0.486 e. The number of nitrogens with zero attached hydrogens (tertiary/aromatic N) is 1. The number of carbonyl (C=O) groups excluding carboxylic acids is 3. The van der Waals surface area contributed by atoms with Gasteiger partial charge >= 0.3 is 6.03 Å². The summed E-state index contributed by atoms with van der Waals surface area (Å²) < 4.78 is 11.5. The molecule has 32 heavy (non-hydrogen) atoms. The average Bonchev–Trinajstić information content (AvgIpc) is 3.07. The predicted molar refractivity (Wildman–Crippen MR) is 117 cm³/mol. The fraction of sp³-hybridized carbons (Fsp3) is 0.375. The first kappa shape index (κ1) is 20.4. The molecule has 1 atom stereocenters. The first-order valence-electron chi connectivity index (χ1n) is 11.1. The molecule has 1 fully saturated rings. The van der Waals surface area contributed by atoms with Crippen LogP contribution in [0.3, 0.4) is 0 Å². The van der Waals surface area contributed by atoms with E-state index in [9.17, 15) is 14.4 Å². The maximum atomic E-state index is 12.9. The molecule has 2 heterocycles. The minimum atomic E-state index is -0.423. The Balaban J connectivity index is 1.19. The number of rotatable bonds is 4. The van der Waals surface area contributed by atoms with Gasteiger partial charge in [-0.3, -0.25) is 14.5 Å². The molecule has 166 valence electrons. The van der Waals surface area contributed by atoms with Gasteiger partial charge in [-0.2, -0.15) is 0 Å². The topological polar surface area (TPSA) is 97.0 Å². The molecular weight excluding hydrogens is 410 g/mol. The summed E-state index contributed by atoms with van der Waals surface area (Å²) >= 11 is 0. The Morgan fingerprint density at radius 2 is 1.72 bits per heavy atom. The number of ether oxygens (including phenoxy) is 2. The molecule has 1 saturated carbocycles. The van der Waals surface area contributed by atoms with Crippen LogP contribution in [0.1, 0.15) is 52.8 Å². The Morgan fingerprint density at radius 3 is 2.53 bits per heavy atom. The predicted octanol–water partition coefficient (Wildman–Crippen LogP) is 3.58. The average molecular weight is 435 g/mol. The lowest BCUT2D eigenvalue weighted by molar-refractivity contribution is 0.0549. The van der Waals surface area contributed by atoms with E-state index in [-0.39, 0.29) is 30.5 Å². The van der Waals surface area contributed by atoms with E-state index in [0.29, 0.717) is 34.9 Å². The lowest BCUT2D eigenvalue weighted by atomic mass is 9.94. The molecule has 0 spiro atoms. The second-order valence-electron chi connectivity index (χ2n) is 8.37. The number of imide groups is 1. The monoisotopic (exact) mass is 435 g/mol. The Labute approximate surface area is 185 Å². The standard InChI is InChI=1S/C24H25N3O5/c28-22-18-11-10-15(12-19(18)23(29)27(22)16-6-2-1-3-7-16)26-24(30)25-13-17-14-31-20-8-4-5-9-21(20)32-17/h4-5,8-12,16-17H,1-3,6-7,13-14H2,(H2,25,26,30). The minimum Gasteiger partial charge on any atom is -0.486 e. The third kappa shape index (κ3) is 3.88. The van der Waals surface area contributed by atoms with E-state index in [1.54, 1.807) is 18.2 Å². The molecule has 5 rings (SSSR count). The van der Waals surface area contributed by atoms with E-state index in [0.717, 1.165) is 32.1 Å². The van der Waals surface area contributed by atoms with Crippen LogP contribution >= 0.6 is 0 Å². The SMILES string of the molecule is O=C(NCC1COc2ccccc2O1)Nc1ccc2c(c1)C(=O)N(C1CCCCC1)C2=O. The highest BCUT2D eigenvalue weighted by Gasteiger charge is 2.40. The van der Waals surface area contributed by atoms with Crippen molar-refractivity contribution < 1.29 is 23.9 Å². The molecule has 1 unspecified atom stereocenters. The lowest BCUT2D eigenvalue weighted by Gasteiger charge is -2.29. The molecule has 0 aromatic heterocycles. The molecule has 4 amide bonds. The van der Waals surface area contributed by atoms with Crippen molar-refractivity contribution >= 4 is 23.5 Å². The summed E-state index contributed by atoms with van der Waals surface area (Å²) in [5.41, 5.74) is 1.20. The number of anilines is 1. The van der Waals surface area contributed by atoms with Gasteiger partial charge in [0.2, 0.25) is 0 Å². The van der Waals surface area contributed by atoms with Crippen molar-refractivity contribution in [2.75, 3.05) is 18.5 Å². The van der Waals surface area contributed by atoms with Crippen LogP contribution in [-0.4, -0.2) is 48.0 Å². The summed E-state index contributed by atoms with van der Waals surface area (Å²) in [5.74, 6) is 0.832. The van der Waals surface area contributed by atoms with E-state index in [1.807, 2.05) is 24.3 Å². The van der Waals surface area contributed by atoms with Gasteiger partial charge in [0.1, 0.15) is 6.61 Å². The van der Waals surface area contributed by atoms with Crippen molar-refractivity contribution in [1.82, 2.24) is 10.2 Å². The van der Waals surface area contributed by atoms with E-state index >= 15 is 0 Å². The molecule has 0 saturated heterocycles. The third-order valence-electron chi connectivity index (χ3n) is 6.17. The van der Waals surface area contributed by atoms with Gasteiger partial charge in [0, 0.05) is 11.7 Å². The van der Waals surface area contributed by atoms with Crippen molar-refractivity contribution in [3.05, 3.63) is 53.6 Å². The number of carbonyl (C=O) groups is 3. The summed E-state index contributed by atoms with van der Waals surface area (Å²) in [6.07, 6.45) is 4.62. The maximum Gasteiger partial charge on any atom is 0.319 e. The van der Waals surface area contributed by atoms with Crippen LogP contribution in [0.25, 0.3) is 0 Å². The highest BCUT2D eigenvalue weighted by atomic mass is 16.6. The Morgan fingerprint density at radius 1 is 0.969 bits per heavy atom. The van der Waals surface area contributed by atoms with Crippen molar-refractivity contribution in [2.24, 2.45) is 0 Å². The summed E-state index contributed by atoms with van der Waals surface area (Å²) in [4.78, 5) is 39.5. The van der Waals surface area contributed by atoms with Crippen molar-refractivity contribution in [1.29, 1.82) is 0 Å². The first-order chi connectivity index (χ1) is 15.6. The molecule has 8 heteroatoms. The van der Waals surface area contributed by atoms with Crippen LogP contribution in [0.4, 0.5) is 10.5 Å². The number of nitrogens with one attached hydrogen (secondary N) is 2. The van der Waals surface area contributed by atoms with Gasteiger partial charge in [-0.05, 0) is 43.2 Å². The summed E-state index contributed by atoms with van der Waals surface area (Å²) in [6, 6.07) is 11.8.